The van der Waals surface area contributed by atoms with E-state index in [1.165, 1.54) is 6.08 Å². The Morgan fingerprint density at radius 2 is 2.12 bits per heavy atom. The predicted octanol–water partition coefficient (Wildman–Crippen LogP) is 1.17. The molecule has 0 heterocycles. The van der Waals surface area contributed by atoms with Crippen molar-refractivity contribution in [1.82, 2.24) is 5.32 Å². The molecule has 0 radical (unpaired) electrons. The van der Waals surface area contributed by atoms with Gasteiger partial charge >= 0.3 is 0 Å². The van der Waals surface area contributed by atoms with Gasteiger partial charge in [-0.1, -0.05) is 12.1 Å². The van der Waals surface area contributed by atoms with Gasteiger partial charge in [-0.2, -0.15) is 0 Å². The van der Waals surface area contributed by atoms with Crippen LogP contribution < -0.4 is 15.8 Å². The van der Waals surface area contributed by atoms with Crippen LogP contribution in [-0.4, -0.2) is 25.6 Å². The van der Waals surface area contributed by atoms with E-state index in [1.54, 1.807) is 6.08 Å². The molecule has 92 valence electrons. The zero-order valence-corrected chi connectivity index (χ0v) is 9.98. The summed E-state index contributed by atoms with van der Waals surface area (Å²) in [4.78, 5) is 11.3. The van der Waals surface area contributed by atoms with E-state index in [2.05, 4.69) is 5.32 Å². The lowest BCUT2D eigenvalue weighted by Gasteiger charge is -2.02. The Kier molecular flexibility index (Phi) is 5.82. The van der Waals surface area contributed by atoms with Crippen molar-refractivity contribution in [1.29, 1.82) is 0 Å². The fourth-order valence-electron chi connectivity index (χ4n) is 1.27. The summed E-state index contributed by atoms with van der Waals surface area (Å²) in [7, 11) is 0. The van der Waals surface area contributed by atoms with Crippen LogP contribution in [0.4, 0.5) is 0 Å². The monoisotopic (exact) mass is 234 g/mol. The average molecular weight is 234 g/mol. The summed E-state index contributed by atoms with van der Waals surface area (Å²) in [5.41, 5.74) is 6.23. The molecule has 0 aliphatic carbocycles. The van der Waals surface area contributed by atoms with Gasteiger partial charge in [-0.15, -0.1) is 0 Å². The van der Waals surface area contributed by atoms with Gasteiger partial charge in [-0.3, -0.25) is 4.79 Å². The average Bonchev–Trinajstić information content (AvgIpc) is 2.36. The van der Waals surface area contributed by atoms with Gasteiger partial charge in [0.2, 0.25) is 5.91 Å². The highest BCUT2D eigenvalue weighted by Crippen LogP contribution is 2.12. The van der Waals surface area contributed by atoms with Crippen LogP contribution in [0.25, 0.3) is 6.08 Å². The molecule has 0 bridgehead atoms. The number of carbonyl (C=O) groups excluding carboxylic acids is 1. The molecule has 1 aromatic rings. The second kappa shape index (κ2) is 7.46. The maximum absolute atomic E-state index is 11.3. The van der Waals surface area contributed by atoms with Crippen molar-refractivity contribution in [2.75, 3.05) is 19.7 Å². The Morgan fingerprint density at radius 1 is 1.41 bits per heavy atom. The molecule has 1 aromatic carbocycles. The second-order valence-corrected chi connectivity index (χ2v) is 3.42. The number of carbonyl (C=O) groups is 1. The van der Waals surface area contributed by atoms with Crippen molar-refractivity contribution >= 4 is 12.0 Å². The summed E-state index contributed by atoms with van der Waals surface area (Å²) < 4.78 is 5.32. The highest BCUT2D eigenvalue weighted by molar-refractivity contribution is 5.91. The molecular weight excluding hydrogens is 216 g/mol. The first-order chi connectivity index (χ1) is 8.26. The molecule has 0 aliphatic heterocycles. The van der Waals surface area contributed by atoms with Crippen molar-refractivity contribution < 1.29 is 9.53 Å². The summed E-state index contributed by atoms with van der Waals surface area (Å²) in [6.07, 6.45) is 3.24. The Hall–Kier alpha value is -1.81. The zero-order valence-electron chi connectivity index (χ0n) is 9.98. The third-order valence-electron chi connectivity index (χ3n) is 2.06. The highest BCUT2D eigenvalue weighted by atomic mass is 16.5. The van der Waals surface area contributed by atoms with Crippen LogP contribution in [0.2, 0.25) is 0 Å². The van der Waals surface area contributed by atoms with Crippen molar-refractivity contribution in [3.8, 4) is 5.75 Å². The van der Waals surface area contributed by atoms with E-state index in [4.69, 9.17) is 10.5 Å². The molecule has 0 atom stereocenters. The number of nitrogens with two attached hydrogens (primary N) is 1. The molecule has 4 heteroatoms. The Balaban J connectivity index is 2.50. The van der Waals surface area contributed by atoms with Crippen molar-refractivity contribution in [3.05, 3.63) is 35.9 Å². The molecule has 0 fully saturated rings. The fraction of sp³-hybridized carbons (Fsp3) is 0.308. The smallest absolute Gasteiger partial charge is 0.244 e. The standard InChI is InChI=1S/C13H18N2O2/c1-2-17-12-6-3-11(4-7-12)5-8-13(16)15-10-9-14/h3-8H,2,9-10,14H2,1H3,(H,15,16). The van der Waals surface area contributed by atoms with E-state index >= 15 is 0 Å². The molecule has 0 unspecified atom stereocenters. The first kappa shape index (κ1) is 13.3. The molecule has 3 N–H and O–H groups in total. The Bertz CT molecular complexity index is 372. The number of ether oxygens (including phenoxy) is 1. The first-order valence-electron chi connectivity index (χ1n) is 5.65. The lowest BCUT2D eigenvalue weighted by atomic mass is 10.2. The second-order valence-electron chi connectivity index (χ2n) is 3.42. The lowest BCUT2D eigenvalue weighted by Crippen LogP contribution is -2.27. The Morgan fingerprint density at radius 3 is 2.71 bits per heavy atom. The number of hydrogen-bond donors (Lipinski definition) is 2. The molecule has 0 aromatic heterocycles. The van der Waals surface area contributed by atoms with Crippen LogP contribution >= 0.6 is 0 Å². The SMILES string of the molecule is CCOc1ccc(C=CC(=O)NCCN)cc1. The summed E-state index contributed by atoms with van der Waals surface area (Å²) in [5.74, 6) is 0.696. The quantitative estimate of drug-likeness (QED) is 0.726. The third kappa shape index (κ3) is 5.17. The summed E-state index contributed by atoms with van der Waals surface area (Å²) in [6.45, 7) is 3.53. The van der Waals surface area contributed by atoms with E-state index in [9.17, 15) is 4.79 Å². The predicted molar refractivity (Wildman–Crippen MR) is 68.7 cm³/mol. The summed E-state index contributed by atoms with van der Waals surface area (Å²) in [6, 6.07) is 7.55. The van der Waals surface area contributed by atoms with Crippen LogP contribution in [0, 0.1) is 0 Å². The summed E-state index contributed by atoms with van der Waals surface area (Å²) >= 11 is 0. The van der Waals surface area contributed by atoms with Gasteiger partial charge in [0, 0.05) is 19.2 Å². The van der Waals surface area contributed by atoms with E-state index in [0.29, 0.717) is 19.7 Å². The maximum atomic E-state index is 11.3. The van der Waals surface area contributed by atoms with E-state index in [0.717, 1.165) is 11.3 Å². The van der Waals surface area contributed by atoms with Gasteiger partial charge in [0.05, 0.1) is 6.61 Å². The van der Waals surface area contributed by atoms with Gasteiger partial charge in [0.25, 0.3) is 0 Å². The van der Waals surface area contributed by atoms with E-state index < -0.39 is 0 Å². The minimum Gasteiger partial charge on any atom is -0.494 e. The largest absolute Gasteiger partial charge is 0.494 e. The third-order valence-corrected chi connectivity index (χ3v) is 2.06. The lowest BCUT2D eigenvalue weighted by molar-refractivity contribution is -0.116. The number of amides is 1. The normalized spacial score (nSPS) is 10.5. The maximum Gasteiger partial charge on any atom is 0.244 e. The minimum absolute atomic E-state index is 0.135. The number of nitrogens with one attached hydrogen (secondary N) is 1. The molecule has 0 spiro atoms. The van der Waals surface area contributed by atoms with E-state index in [-0.39, 0.29) is 5.91 Å². The molecule has 0 saturated heterocycles. The summed E-state index contributed by atoms with van der Waals surface area (Å²) in [5, 5.41) is 2.66. The molecule has 0 saturated carbocycles. The van der Waals surface area contributed by atoms with E-state index in [1.807, 2.05) is 31.2 Å². The number of hydrogen-bond acceptors (Lipinski definition) is 3. The molecule has 0 aliphatic rings. The highest BCUT2D eigenvalue weighted by Gasteiger charge is 1.94. The van der Waals surface area contributed by atoms with Crippen molar-refractivity contribution in [2.24, 2.45) is 5.73 Å². The molecule has 1 rings (SSSR count). The van der Waals surface area contributed by atoms with Gasteiger partial charge < -0.3 is 15.8 Å². The molecular formula is C13H18N2O2. The van der Waals surface area contributed by atoms with Crippen LogP contribution in [0.3, 0.4) is 0 Å². The van der Waals surface area contributed by atoms with Crippen LogP contribution in [0.1, 0.15) is 12.5 Å². The number of rotatable bonds is 6. The van der Waals surface area contributed by atoms with Gasteiger partial charge in [-0.25, -0.2) is 0 Å². The van der Waals surface area contributed by atoms with Crippen LogP contribution in [0.5, 0.6) is 5.75 Å². The molecule has 4 nitrogen and oxygen atoms in total. The Labute approximate surface area is 101 Å². The van der Waals surface area contributed by atoms with Crippen LogP contribution in [-0.2, 0) is 4.79 Å². The van der Waals surface area contributed by atoms with Crippen molar-refractivity contribution in [3.63, 3.8) is 0 Å². The fourth-order valence-corrected chi connectivity index (χ4v) is 1.27. The first-order valence-corrected chi connectivity index (χ1v) is 5.65. The van der Waals surface area contributed by atoms with Crippen molar-refractivity contribution in [2.45, 2.75) is 6.92 Å². The van der Waals surface area contributed by atoms with Gasteiger partial charge in [0.15, 0.2) is 0 Å². The molecule has 1 amide bonds. The zero-order chi connectivity index (χ0) is 12.5. The molecule has 17 heavy (non-hydrogen) atoms. The van der Waals surface area contributed by atoms with Gasteiger partial charge in [0.1, 0.15) is 5.75 Å². The van der Waals surface area contributed by atoms with Gasteiger partial charge in [-0.05, 0) is 30.7 Å². The minimum atomic E-state index is -0.135. The number of benzene rings is 1. The topological polar surface area (TPSA) is 64.3 Å². The van der Waals surface area contributed by atoms with Crippen LogP contribution in [0.15, 0.2) is 30.3 Å².